The van der Waals surface area contributed by atoms with Gasteiger partial charge in [0.1, 0.15) is 6.07 Å². The number of halogens is 1. The fraction of sp³-hybridized carbons (Fsp3) is 0.273. The number of ether oxygens (including phenoxy) is 1. The van der Waals surface area contributed by atoms with Crippen LogP contribution < -0.4 is 0 Å². The number of hydrogen-bond donors (Lipinski definition) is 1. The van der Waals surface area contributed by atoms with E-state index in [-0.39, 0.29) is 17.4 Å². The molecule has 0 aromatic heterocycles. The highest BCUT2D eigenvalue weighted by molar-refractivity contribution is 7.80. The summed E-state index contributed by atoms with van der Waals surface area (Å²) in [4.78, 5) is 11.9. The van der Waals surface area contributed by atoms with Gasteiger partial charge in [0.15, 0.2) is 0 Å². The predicted molar refractivity (Wildman–Crippen MR) is 63.8 cm³/mol. The molecule has 0 fully saturated rings. The summed E-state index contributed by atoms with van der Waals surface area (Å²) in [6.07, 6.45) is 0.0288. The van der Waals surface area contributed by atoms with Crippen LogP contribution in [0.3, 0.4) is 0 Å². The van der Waals surface area contributed by atoms with Crippen molar-refractivity contribution in [1.82, 2.24) is 0 Å². The lowest BCUT2D eigenvalue weighted by Gasteiger charge is -2.08. The minimum Gasteiger partial charge on any atom is -0.466 e. The molecule has 0 unspecified atom stereocenters. The zero-order valence-corrected chi connectivity index (χ0v) is 10.3. The number of hydrogen-bond acceptors (Lipinski definition) is 4. The van der Waals surface area contributed by atoms with E-state index in [4.69, 9.17) is 21.6 Å². The summed E-state index contributed by atoms with van der Waals surface area (Å²) in [5.74, 6) is -0.380. The second-order valence-electron chi connectivity index (χ2n) is 3.02. The van der Waals surface area contributed by atoms with Crippen molar-refractivity contribution in [2.45, 2.75) is 18.2 Å². The van der Waals surface area contributed by atoms with Gasteiger partial charge in [0.05, 0.1) is 23.6 Å². The summed E-state index contributed by atoms with van der Waals surface area (Å²) in [6.45, 7) is 2.04. The summed E-state index contributed by atoms with van der Waals surface area (Å²) in [5.41, 5.74) is 0.862. The van der Waals surface area contributed by atoms with E-state index in [1.165, 1.54) is 0 Å². The monoisotopic (exact) mass is 255 g/mol. The molecular weight excluding hydrogens is 246 g/mol. The molecule has 16 heavy (non-hydrogen) atoms. The molecule has 0 atom stereocenters. The Morgan fingerprint density at radius 2 is 2.31 bits per heavy atom. The van der Waals surface area contributed by atoms with Gasteiger partial charge in [0, 0.05) is 4.90 Å². The molecule has 0 aliphatic carbocycles. The number of rotatable bonds is 3. The van der Waals surface area contributed by atoms with Crippen LogP contribution in [-0.4, -0.2) is 12.6 Å². The SMILES string of the molecule is CCOC(=O)Cc1c(S)ccc(C#N)c1Cl. The lowest BCUT2D eigenvalue weighted by molar-refractivity contribution is -0.142. The lowest BCUT2D eigenvalue weighted by Crippen LogP contribution is -2.08. The van der Waals surface area contributed by atoms with Gasteiger partial charge in [-0.3, -0.25) is 4.79 Å². The maximum absolute atomic E-state index is 11.3. The molecule has 1 rings (SSSR count). The first-order valence-corrected chi connectivity index (χ1v) is 5.48. The molecule has 0 radical (unpaired) electrons. The highest BCUT2D eigenvalue weighted by Gasteiger charge is 2.14. The topological polar surface area (TPSA) is 50.1 Å². The van der Waals surface area contributed by atoms with Crippen molar-refractivity contribution in [2.24, 2.45) is 0 Å². The van der Waals surface area contributed by atoms with Gasteiger partial charge in [-0.1, -0.05) is 11.6 Å². The van der Waals surface area contributed by atoms with Crippen LogP contribution in [-0.2, 0) is 16.0 Å². The minimum atomic E-state index is -0.380. The first kappa shape index (κ1) is 12.9. The van der Waals surface area contributed by atoms with Crippen LogP contribution in [0.2, 0.25) is 5.02 Å². The molecule has 0 N–H and O–H groups in total. The van der Waals surface area contributed by atoms with Gasteiger partial charge >= 0.3 is 5.97 Å². The van der Waals surface area contributed by atoms with Crippen LogP contribution in [0, 0.1) is 11.3 Å². The number of nitrogens with zero attached hydrogens (tertiary/aromatic N) is 1. The van der Waals surface area contributed by atoms with Gasteiger partial charge in [-0.15, -0.1) is 12.6 Å². The minimum absolute atomic E-state index is 0.0288. The molecule has 1 aromatic carbocycles. The third kappa shape index (κ3) is 2.91. The molecule has 0 spiro atoms. The summed E-state index contributed by atoms with van der Waals surface area (Å²) in [7, 11) is 0. The largest absolute Gasteiger partial charge is 0.466 e. The number of benzene rings is 1. The third-order valence-corrected chi connectivity index (χ3v) is 2.82. The van der Waals surface area contributed by atoms with E-state index in [0.29, 0.717) is 22.6 Å². The van der Waals surface area contributed by atoms with Crippen LogP contribution in [0.15, 0.2) is 17.0 Å². The molecular formula is C11H10ClNO2S. The van der Waals surface area contributed by atoms with Gasteiger partial charge < -0.3 is 4.74 Å². The number of esters is 1. The van der Waals surface area contributed by atoms with Gasteiger partial charge in [0.25, 0.3) is 0 Å². The number of carbonyl (C=O) groups is 1. The molecule has 0 bridgehead atoms. The Kier molecular flexibility index (Phi) is 4.66. The van der Waals surface area contributed by atoms with Crippen molar-refractivity contribution in [3.63, 3.8) is 0 Å². The zero-order chi connectivity index (χ0) is 12.1. The molecule has 0 saturated heterocycles. The van der Waals surface area contributed by atoms with E-state index in [9.17, 15) is 4.79 Å². The van der Waals surface area contributed by atoms with E-state index < -0.39 is 0 Å². The first-order chi connectivity index (χ1) is 7.60. The predicted octanol–water partition coefficient (Wildman–Crippen LogP) is 2.61. The van der Waals surface area contributed by atoms with Crippen LogP contribution in [0.4, 0.5) is 0 Å². The quantitative estimate of drug-likeness (QED) is 0.667. The molecule has 0 aliphatic heterocycles. The van der Waals surface area contributed by atoms with Crippen molar-refractivity contribution >= 4 is 30.2 Å². The smallest absolute Gasteiger partial charge is 0.310 e. The second kappa shape index (κ2) is 5.78. The second-order valence-corrected chi connectivity index (χ2v) is 3.88. The van der Waals surface area contributed by atoms with Gasteiger partial charge in [0.2, 0.25) is 0 Å². The molecule has 3 nitrogen and oxygen atoms in total. The van der Waals surface area contributed by atoms with Crippen LogP contribution in [0.25, 0.3) is 0 Å². The number of carbonyl (C=O) groups excluding carboxylic acids is 1. The summed E-state index contributed by atoms with van der Waals surface area (Å²) in [5, 5.41) is 9.06. The normalized spacial score (nSPS) is 9.62. The fourth-order valence-electron chi connectivity index (χ4n) is 1.22. The summed E-state index contributed by atoms with van der Waals surface area (Å²) >= 11 is 10.2. The summed E-state index contributed by atoms with van der Waals surface area (Å²) in [6, 6.07) is 5.16. The van der Waals surface area contributed by atoms with E-state index >= 15 is 0 Å². The van der Waals surface area contributed by atoms with Crippen molar-refractivity contribution in [3.05, 3.63) is 28.3 Å². The van der Waals surface area contributed by atoms with E-state index in [2.05, 4.69) is 12.6 Å². The van der Waals surface area contributed by atoms with Crippen LogP contribution in [0.5, 0.6) is 0 Å². The van der Waals surface area contributed by atoms with Crippen molar-refractivity contribution in [2.75, 3.05) is 6.61 Å². The van der Waals surface area contributed by atoms with Crippen molar-refractivity contribution < 1.29 is 9.53 Å². The Morgan fingerprint density at radius 1 is 1.62 bits per heavy atom. The molecule has 1 aromatic rings. The van der Waals surface area contributed by atoms with Gasteiger partial charge in [-0.25, -0.2) is 0 Å². The molecule has 0 heterocycles. The molecule has 0 aliphatic rings. The third-order valence-electron chi connectivity index (χ3n) is 1.97. The number of thiol groups is 1. The fourth-order valence-corrected chi connectivity index (χ4v) is 1.83. The average Bonchev–Trinajstić information content (AvgIpc) is 2.25. The van der Waals surface area contributed by atoms with E-state index in [1.807, 2.05) is 6.07 Å². The van der Waals surface area contributed by atoms with Crippen LogP contribution in [0.1, 0.15) is 18.1 Å². The standard InChI is InChI=1S/C11H10ClNO2S/c1-2-15-10(14)5-8-9(16)4-3-7(6-13)11(8)12/h3-4,16H,2,5H2,1H3. The van der Waals surface area contributed by atoms with Crippen molar-refractivity contribution in [1.29, 1.82) is 5.26 Å². The van der Waals surface area contributed by atoms with E-state index in [0.717, 1.165) is 0 Å². The Balaban J connectivity index is 3.04. The molecule has 5 heteroatoms. The van der Waals surface area contributed by atoms with Crippen molar-refractivity contribution in [3.8, 4) is 6.07 Å². The Hall–Kier alpha value is -1.18. The molecule has 0 amide bonds. The Labute approximate surface area is 104 Å². The highest BCUT2D eigenvalue weighted by atomic mass is 35.5. The van der Waals surface area contributed by atoms with E-state index in [1.54, 1.807) is 19.1 Å². The maximum atomic E-state index is 11.3. The van der Waals surface area contributed by atoms with Gasteiger partial charge in [-0.05, 0) is 24.6 Å². The average molecular weight is 256 g/mol. The molecule has 84 valence electrons. The molecule has 0 saturated carbocycles. The summed E-state index contributed by atoms with van der Waals surface area (Å²) < 4.78 is 4.81. The highest BCUT2D eigenvalue weighted by Crippen LogP contribution is 2.27. The lowest BCUT2D eigenvalue weighted by atomic mass is 10.1. The first-order valence-electron chi connectivity index (χ1n) is 4.66. The van der Waals surface area contributed by atoms with Gasteiger partial charge in [-0.2, -0.15) is 5.26 Å². The number of nitriles is 1. The maximum Gasteiger partial charge on any atom is 0.310 e. The zero-order valence-electron chi connectivity index (χ0n) is 8.66. The Bertz CT molecular complexity index is 454. The Morgan fingerprint density at radius 3 is 2.88 bits per heavy atom. The van der Waals surface area contributed by atoms with Crippen LogP contribution >= 0.6 is 24.2 Å².